The molecule has 20 heavy (non-hydrogen) atoms. The van der Waals surface area contributed by atoms with Gasteiger partial charge in [-0.05, 0) is 37.6 Å². The molecule has 0 bridgehead atoms. The number of ether oxygens (including phenoxy) is 1. The Morgan fingerprint density at radius 2 is 2.20 bits per heavy atom. The third-order valence-corrected chi connectivity index (χ3v) is 3.73. The minimum atomic E-state index is 0.472. The van der Waals surface area contributed by atoms with Crippen LogP contribution in [0, 0.1) is 0 Å². The Bertz CT molecular complexity index is 561. The van der Waals surface area contributed by atoms with E-state index in [-0.39, 0.29) is 0 Å². The second kappa shape index (κ2) is 6.15. The van der Waals surface area contributed by atoms with Gasteiger partial charge in [0.2, 0.25) is 0 Å². The van der Waals surface area contributed by atoms with E-state index in [1.54, 1.807) is 7.11 Å². The predicted octanol–water partition coefficient (Wildman–Crippen LogP) is 2.02. The molecular weight excluding hydrogens is 252 g/mol. The minimum Gasteiger partial charge on any atom is -0.380 e. The lowest BCUT2D eigenvalue weighted by atomic mass is 10.1. The third kappa shape index (κ3) is 2.89. The first-order chi connectivity index (χ1) is 9.86. The van der Waals surface area contributed by atoms with Gasteiger partial charge in [-0.25, -0.2) is 4.68 Å². The zero-order valence-corrected chi connectivity index (χ0v) is 11.7. The van der Waals surface area contributed by atoms with Gasteiger partial charge in [-0.3, -0.25) is 0 Å². The summed E-state index contributed by atoms with van der Waals surface area (Å²) >= 11 is 0. The number of aromatic nitrogens is 3. The number of rotatable bonds is 4. The Morgan fingerprint density at radius 3 is 3.00 bits per heavy atom. The minimum absolute atomic E-state index is 0.472. The molecule has 5 nitrogen and oxygen atoms in total. The van der Waals surface area contributed by atoms with E-state index in [1.807, 2.05) is 10.7 Å². The van der Waals surface area contributed by atoms with Crippen LogP contribution >= 0.6 is 0 Å². The average Bonchev–Trinajstić information content (AvgIpc) is 2.99. The molecule has 0 saturated carbocycles. The van der Waals surface area contributed by atoms with Crippen LogP contribution in [0.1, 0.15) is 24.4 Å². The Morgan fingerprint density at radius 1 is 1.35 bits per heavy atom. The zero-order chi connectivity index (χ0) is 13.8. The quantitative estimate of drug-likeness (QED) is 0.925. The Balaban J connectivity index is 1.80. The van der Waals surface area contributed by atoms with E-state index in [9.17, 15) is 0 Å². The summed E-state index contributed by atoms with van der Waals surface area (Å²) in [6.45, 7) is 2.74. The average molecular weight is 272 g/mol. The Labute approximate surface area is 118 Å². The van der Waals surface area contributed by atoms with Gasteiger partial charge in [0.1, 0.15) is 5.69 Å². The third-order valence-electron chi connectivity index (χ3n) is 3.73. The van der Waals surface area contributed by atoms with E-state index >= 15 is 0 Å². The topological polar surface area (TPSA) is 52.0 Å². The SMILES string of the molecule is COCc1cccc(-c2cn(C3CCNCC3)nn2)c1. The largest absolute Gasteiger partial charge is 0.380 e. The number of piperidine rings is 1. The van der Waals surface area contributed by atoms with Gasteiger partial charge in [-0.15, -0.1) is 5.10 Å². The fourth-order valence-corrected chi connectivity index (χ4v) is 2.65. The van der Waals surface area contributed by atoms with Crippen molar-refractivity contribution in [2.24, 2.45) is 0 Å². The molecule has 1 fully saturated rings. The highest BCUT2D eigenvalue weighted by atomic mass is 16.5. The summed E-state index contributed by atoms with van der Waals surface area (Å²) in [5.74, 6) is 0. The maximum atomic E-state index is 5.17. The van der Waals surface area contributed by atoms with Crippen LogP contribution in [0.2, 0.25) is 0 Å². The van der Waals surface area contributed by atoms with Gasteiger partial charge in [0.15, 0.2) is 0 Å². The lowest BCUT2D eigenvalue weighted by molar-refractivity contribution is 0.185. The van der Waals surface area contributed by atoms with Crippen molar-refractivity contribution in [1.29, 1.82) is 0 Å². The highest BCUT2D eigenvalue weighted by Gasteiger charge is 2.16. The van der Waals surface area contributed by atoms with E-state index in [4.69, 9.17) is 4.74 Å². The van der Waals surface area contributed by atoms with Crippen LogP contribution in [0.5, 0.6) is 0 Å². The number of hydrogen-bond donors (Lipinski definition) is 1. The summed E-state index contributed by atoms with van der Waals surface area (Å²) in [7, 11) is 1.71. The molecule has 0 radical (unpaired) electrons. The van der Waals surface area contributed by atoms with Crippen molar-refractivity contribution < 1.29 is 4.74 Å². The first-order valence-electron chi connectivity index (χ1n) is 7.07. The second-order valence-corrected chi connectivity index (χ2v) is 5.20. The number of methoxy groups -OCH3 is 1. The molecule has 5 heteroatoms. The molecule has 0 spiro atoms. The molecular formula is C15H20N4O. The van der Waals surface area contributed by atoms with Crippen LogP contribution in [0.25, 0.3) is 11.3 Å². The number of nitrogens with zero attached hydrogens (tertiary/aromatic N) is 3. The molecule has 1 aliphatic rings. The summed E-state index contributed by atoms with van der Waals surface area (Å²) in [5, 5.41) is 12.0. The highest BCUT2D eigenvalue weighted by Crippen LogP contribution is 2.22. The van der Waals surface area contributed by atoms with E-state index in [0.29, 0.717) is 12.6 Å². The van der Waals surface area contributed by atoms with Gasteiger partial charge in [-0.1, -0.05) is 23.4 Å². The summed E-state index contributed by atoms with van der Waals surface area (Å²) in [4.78, 5) is 0. The molecule has 1 aromatic heterocycles. The highest BCUT2D eigenvalue weighted by molar-refractivity contribution is 5.58. The maximum absolute atomic E-state index is 5.17. The van der Waals surface area contributed by atoms with E-state index in [2.05, 4.69) is 40.0 Å². The van der Waals surface area contributed by atoms with Crippen LogP contribution in [-0.2, 0) is 11.3 Å². The fourth-order valence-electron chi connectivity index (χ4n) is 2.65. The standard InChI is InChI=1S/C15H20N4O/c1-20-11-12-3-2-4-13(9-12)15-10-19(18-17-15)14-5-7-16-8-6-14/h2-4,9-10,14,16H,5-8,11H2,1H3. The van der Waals surface area contributed by atoms with Crippen molar-refractivity contribution in [3.63, 3.8) is 0 Å². The molecule has 0 aliphatic carbocycles. The normalized spacial score (nSPS) is 16.4. The summed E-state index contributed by atoms with van der Waals surface area (Å²) in [6, 6.07) is 8.74. The molecule has 1 N–H and O–H groups in total. The number of nitrogens with one attached hydrogen (secondary N) is 1. The molecule has 0 amide bonds. The lowest BCUT2D eigenvalue weighted by Gasteiger charge is -2.22. The summed E-state index contributed by atoms with van der Waals surface area (Å²) in [5.41, 5.74) is 3.18. The van der Waals surface area contributed by atoms with Gasteiger partial charge in [-0.2, -0.15) is 0 Å². The zero-order valence-electron chi connectivity index (χ0n) is 11.7. The van der Waals surface area contributed by atoms with Crippen molar-refractivity contribution in [3.8, 4) is 11.3 Å². The van der Waals surface area contributed by atoms with Gasteiger partial charge in [0.25, 0.3) is 0 Å². The Hall–Kier alpha value is -1.72. The summed E-state index contributed by atoms with van der Waals surface area (Å²) < 4.78 is 7.18. The molecule has 1 aliphatic heterocycles. The smallest absolute Gasteiger partial charge is 0.113 e. The van der Waals surface area contributed by atoms with Crippen LogP contribution in [0.3, 0.4) is 0 Å². The van der Waals surface area contributed by atoms with Crippen molar-refractivity contribution in [1.82, 2.24) is 20.3 Å². The van der Waals surface area contributed by atoms with Gasteiger partial charge in [0.05, 0.1) is 18.8 Å². The number of benzene rings is 1. The molecule has 0 atom stereocenters. The first-order valence-corrected chi connectivity index (χ1v) is 7.07. The molecule has 1 saturated heterocycles. The van der Waals surface area contributed by atoms with Gasteiger partial charge in [0, 0.05) is 12.7 Å². The molecule has 2 aromatic rings. The van der Waals surface area contributed by atoms with Crippen molar-refractivity contribution in [3.05, 3.63) is 36.0 Å². The molecule has 106 valence electrons. The summed E-state index contributed by atoms with van der Waals surface area (Å²) in [6.07, 6.45) is 4.29. The molecule has 2 heterocycles. The van der Waals surface area contributed by atoms with Gasteiger partial charge >= 0.3 is 0 Å². The van der Waals surface area contributed by atoms with Crippen molar-refractivity contribution in [2.45, 2.75) is 25.5 Å². The lowest BCUT2D eigenvalue weighted by Crippen LogP contribution is -2.29. The number of hydrogen-bond acceptors (Lipinski definition) is 4. The van der Waals surface area contributed by atoms with Gasteiger partial charge < -0.3 is 10.1 Å². The van der Waals surface area contributed by atoms with Crippen LogP contribution in [0.15, 0.2) is 30.5 Å². The molecule has 3 rings (SSSR count). The Kier molecular flexibility index (Phi) is 4.08. The van der Waals surface area contributed by atoms with Crippen molar-refractivity contribution in [2.75, 3.05) is 20.2 Å². The van der Waals surface area contributed by atoms with E-state index < -0.39 is 0 Å². The molecule has 1 aromatic carbocycles. The predicted molar refractivity (Wildman–Crippen MR) is 77.3 cm³/mol. The van der Waals surface area contributed by atoms with E-state index in [1.165, 1.54) is 0 Å². The first kappa shape index (κ1) is 13.3. The molecule has 0 unspecified atom stereocenters. The second-order valence-electron chi connectivity index (χ2n) is 5.20. The van der Waals surface area contributed by atoms with E-state index in [0.717, 1.165) is 42.8 Å². The van der Waals surface area contributed by atoms with Crippen LogP contribution in [-0.4, -0.2) is 35.2 Å². The van der Waals surface area contributed by atoms with Crippen LogP contribution < -0.4 is 5.32 Å². The fraction of sp³-hybridized carbons (Fsp3) is 0.467. The van der Waals surface area contributed by atoms with Crippen LogP contribution in [0.4, 0.5) is 0 Å². The monoisotopic (exact) mass is 272 g/mol. The maximum Gasteiger partial charge on any atom is 0.113 e. The van der Waals surface area contributed by atoms with Crippen molar-refractivity contribution >= 4 is 0 Å².